The zero-order chi connectivity index (χ0) is 13.5. The van der Waals surface area contributed by atoms with Crippen LogP contribution in [0.4, 0.5) is 0 Å². The van der Waals surface area contributed by atoms with E-state index >= 15 is 0 Å². The largest absolute Gasteiger partial charge is 0.464 e. The quantitative estimate of drug-likeness (QED) is 0.381. The van der Waals surface area contributed by atoms with Gasteiger partial charge in [-0.15, -0.1) is 6.42 Å². The molecule has 1 saturated heterocycles. The molecule has 2 N–H and O–H groups in total. The normalized spacial score (nSPS) is 17.9. The Labute approximate surface area is 107 Å². The number of carbonyl (C=O) groups excluding carboxylic acids is 2. The van der Waals surface area contributed by atoms with Crippen LogP contribution in [-0.4, -0.2) is 67.0 Å². The highest BCUT2D eigenvalue weighted by atomic mass is 16.5. The Morgan fingerprint density at radius 1 is 1.39 bits per heavy atom. The standard InChI is InChI=1S/C12H19N3O3/c1-3-5-14-6-8-15(9-7-14)11(16)10(13)12(17)18-4-2/h1,10H,4-9,13H2,2H3. The van der Waals surface area contributed by atoms with Crippen LogP contribution in [0.3, 0.4) is 0 Å². The van der Waals surface area contributed by atoms with Gasteiger partial charge in [-0.3, -0.25) is 9.69 Å². The first kappa shape index (κ1) is 14.5. The summed E-state index contributed by atoms with van der Waals surface area (Å²) in [5, 5.41) is 0. The number of piperazine rings is 1. The Kier molecular flexibility index (Phi) is 5.62. The van der Waals surface area contributed by atoms with Gasteiger partial charge < -0.3 is 15.4 Å². The summed E-state index contributed by atoms with van der Waals surface area (Å²) >= 11 is 0. The van der Waals surface area contributed by atoms with E-state index in [0.717, 1.165) is 0 Å². The Morgan fingerprint density at radius 2 is 2.00 bits per heavy atom. The molecule has 1 atom stereocenters. The van der Waals surface area contributed by atoms with Crippen LogP contribution < -0.4 is 5.73 Å². The van der Waals surface area contributed by atoms with Gasteiger partial charge in [-0.1, -0.05) is 5.92 Å². The Hall–Kier alpha value is -1.58. The van der Waals surface area contributed by atoms with Gasteiger partial charge in [0.05, 0.1) is 13.2 Å². The van der Waals surface area contributed by atoms with Gasteiger partial charge in [-0.25, -0.2) is 4.79 Å². The molecule has 1 heterocycles. The summed E-state index contributed by atoms with van der Waals surface area (Å²) in [7, 11) is 0. The minimum Gasteiger partial charge on any atom is -0.464 e. The van der Waals surface area contributed by atoms with E-state index in [0.29, 0.717) is 32.7 Å². The maximum Gasteiger partial charge on any atom is 0.332 e. The molecule has 100 valence electrons. The summed E-state index contributed by atoms with van der Waals surface area (Å²) in [6, 6.07) is -1.22. The molecule has 1 unspecified atom stereocenters. The van der Waals surface area contributed by atoms with Crippen molar-refractivity contribution in [2.75, 3.05) is 39.3 Å². The number of hydrogen-bond donors (Lipinski definition) is 1. The molecule has 18 heavy (non-hydrogen) atoms. The number of carbonyl (C=O) groups is 2. The van der Waals surface area contributed by atoms with Crippen molar-refractivity contribution in [3.05, 3.63) is 0 Å². The summed E-state index contributed by atoms with van der Waals surface area (Å²) in [6.45, 7) is 4.94. The Balaban J connectivity index is 2.45. The lowest BCUT2D eigenvalue weighted by atomic mass is 10.2. The lowest BCUT2D eigenvalue weighted by Gasteiger charge is -2.34. The van der Waals surface area contributed by atoms with Gasteiger partial charge in [-0.05, 0) is 6.92 Å². The number of nitrogens with two attached hydrogens (primary N) is 1. The third-order valence-corrected chi connectivity index (χ3v) is 2.81. The molecule has 1 aliphatic rings. The molecular formula is C12H19N3O3. The maximum atomic E-state index is 11.9. The van der Waals surface area contributed by atoms with E-state index in [2.05, 4.69) is 10.8 Å². The number of esters is 1. The minimum atomic E-state index is -1.22. The minimum absolute atomic E-state index is 0.218. The number of nitrogens with zero attached hydrogens (tertiary/aromatic N) is 2. The lowest BCUT2D eigenvalue weighted by Crippen LogP contribution is -2.55. The Morgan fingerprint density at radius 3 is 2.50 bits per heavy atom. The SMILES string of the molecule is C#CCN1CCN(C(=O)C(N)C(=O)OCC)CC1. The van der Waals surface area contributed by atoms with Gasteiger partial charge in [0, 0.05) is 26.2 Å². The van der Waals surface area contributed by atoms with Crippen molar-refractivity contribution in [2.24, 2.45) is 5.73 Å². The molecule has 0 aromatic rings. The fraction of sp³-hybridized carbons (Fsp3) is 0.667. The van der Waals surface area contributed by atoms with Crippen molar-refractivity contribution in [1.29, 1.82) is 0 Å². The van der Waals surface area contributed by atoms with E-state index in [-0.39, 0.29) is 12.5 Å². The highest BCUT2D eigenvalue weighted by Gasteiger charge is 2.30. The fourth-order valence-electron chi connectivity index (χ4n) is 1.79. The zero-order valence-corrected chi connectivity index (χ0v) is 10.6. The van der Waals surface area contributed by atoms with Crippen molar-refractivity contribution >= 4 is 11.9 Å². The zero-order valence-electron chi connectivity index (χ0n) is 10.6. The molecule has 0 radical (unpaired) electrons. The van der Waals surface area contributed by atoms with Gasteiger partial charge in [0.25, 0.3) is 5.91 Å². The predicted molar refractivity (Wildman–Crippen MR) is 66.5 cm³/mol. The average Bonchev–Trinajstić information content (AvgIpc) is 2.38. The third kappa shape index (κ3) is 3.72. The molecule has 1 aliphatic heterocycles. The van der Waals surface area contributed by atoms with Gasteiger partial charge >= 0.3 is 5.97 Å². The number of rotatable bonds is 4. The smallest absolute Gasteiger partial charge is 0.332 e. The first-order chi connectivity index (χ1) is 8.60. The van der Waals surface area contributed by atoms with Gasteiger partial charge in [0.2, 0.25) is 0 Å². The third-order valence-electron chi connectivity index (χ3n) is 2.81. The van der Waals surface area contributed by atoms with Crippen LogP contribution in [-0.2, 0) is 14.3 Å². The average molecular weight is 253 g/mol. The van der Waals surface area contributed by atoms with Gasteiger partial charge in [0.1, 0.15) is 0 Å². The molecule has 0 bridgehead atoms. The summed E-state index contributed by atoms with van der Waals surface area (Å²) in [4.78, 5) is 26.9. The van der Waals surface area contributed by atoms with Crippen LogP contribution in [0.15, 0.2) is 0 Å². The number of terminal acetylenes is 1. The van der Waals surface area contributed by atoms with E-state index in [1.807, 2.05) is 0 Å². The fourth-order valence-corrected chi connectivity index (χ4v) is 1.79. The number of hydrogen-bond acceptors (Lipinski definition) is 5. The second-order valence-electron chi connectivity index (χ2n) is 4.04. The second kappa shape index (κ2) is 6.99. The highest BCUT2D eigenvalue weighted by Crippen LogP contribution is 2.03. The van der Waals surface area contributed by atoms with E-state index in [4.69, 9.17) is 16.9 Å². The van der Waals surface area contributed by atoms with Crippen LogP contribution in [0.25, 0.3) is 0 Å². The van der Waals surface area contributed by atoms with Gasteiger partial charge in [0.15, 0.2) is 6.04 Å². The van der Waals surface area contributed by atoms with Crippen molar-refractivity contribution in [2.45, 2.75) is 13.0 Å². The van der Waals surface area contributed by atoms with E-state index in [9.17, 15) is 9.59 Å². The summed E-state index contributed by atoms with van der Waals surface area (Å²) < 4.78 is 4.73. The maximum absolute atomic E-state index is 11.9. The highest BCUT2D eigenvalue weighted by molar-refractivity contribution is 6.01. The molecule has 1 fully saturated rings. The first-order valence-electron chi connectivity index (χ1n) is 5.97. The van der Waals surface area contributed by atoms with Crippen molar-refractivity contribution < 1.29 is 14.3 Å². The van der Waals surface area contributed by atoms with Crippen LogP contribution in [0, 0.1) is 12.3 Å². The summed E-state index contributed by atoms with van der Waals surface area (Å²) in [5.74, 6) is 1.51. The van der Waals surface area contributed by atoms with E-state index in [1.54, 1.807) is 11.8 Å². The molecule has 0 aromatic carbocycles. The molecule has 1 amide bonds. The Bertz CT molecular complexity index is 343. The molecule has 0 spiro atoms. The van der Waals surface area contributed by atoms with Crippen molar-refractivity contribution in [1.82, 2.24) is 9.80 Å². The molecule has 0 saturated carbocycles. The molecule has 6 heteroatoms. The molecule has 6 nitrogen and oxygen atoms in total. The summed E-state index contributed by atoms with van der Waals surface area (Å²) in [5.41, 5.74) is 5.56. The topological polar surface area (TPSA) is 75.9 Å². The van der Waals surface area contributed by atoms with Gasteiger partial charge in [-0.2, -0.15) is 0 Å². The lowest BCUT2D eigenvalue weighted by molar-refractivity contribution is -0.151. The first-order valence-corrected chi connectivity index (χ1v) is 5.97. The number of amides is 1. The molecular weight excluding hydrogens is 234 g/mol. The van der Waals surface area contributed by atoms with E-state index < -0.39 is 12.0 Å². The predicted octanol–water partition coefficient (Wildman–Crippen LogP) is -1.35. The summed E-state index contributed by atoms with van der Waals surface area (Å²) in [6.07, 6.45) is 5.22. The van der Waals surface area contributed by atoms with Crippen LogP contribution in [0.5, 0.6) is 0 Å². The molecule has 1 rings (SSSR count). The van der Waals surface area contributed by atoms with Crippen LogP contribution >= 0.6 is 0 Å². The molecule has 0 aromatic heterocycles. The monoisotopic (exact) mass is 253 g/mol. The number of ether oxygens (including phenoxy) is 1. The van der Waals surface area contributed by atoms with E-state index in [1.165, 1.54) is 0 Å². The molecule has 0 aliphatic carbocycles. The van der Waals surface area contributed by atoms with Crippen molar-refractivity contribution in [3.63, 3.8) is 0 Å². The second-order valence-corrected chi connectivity index (χ2v) is 4.04. The van der Waals surface area contributed by atoms with Crippen LogP contribution in [0.2, 0.25) is 0 Å². The van der Waals surface area contributed by atoms with Crippen molar-refractivity contribution in [3.8, 4) is 12.3 Å². The van der Waals surface area contributed by atoms with Crippen LogP contribution in [0.1, 0.15) is 6.92 Å².